The van der Waals surface area contributed by atoms with Crippen molar-refractivity contribution in [3.8, 4) is 0 Å². The van der Waals surface area contributed by atoms with Gasteiger partial charge in [0.15, 0.2) is 6.10 Å². The standard InChI is InChI=1S/C59H118NO8P/c1-6-8-10-12-14-16-17-18-19-20-21-22-23-24-25-26-27-28-29-30-31-32-33-34-35-36-37-38-39-40-41-42-43-44-46-48-50-52-59(62)68-57(56-67-69(63,64)66-54-53-60(3,4)5)55-65-58(61)51-49-47-45-15-13-11-9-7-2/h57H,6-56H2,1-5H3/p+1. The summed E-state index contributed by atoms with van der Waals surface area (Å²) >= 11 is 0. The monoisotopic (exact) mass is 1000 g/mol. The molecule has 0 saturated heterocycles. The van der Waals surface area contributed by atoms with Crippen molar-refractivity contribution in [3.63, 3.8) is 0 Å². The Balaban J connectivity index is 3.76. The Kier molecular flexibility index (Phi) is 51.1. The van der Waals surface area contributed by atoms with Gasteiger partial charge in [-0.2, -0.15) is 0 Å². The lowest BCUT2D eigenvalue weighted by Crippen LogP contribution is -2.37. The largest absolute Gasteiger partial charge is 0.472 e. The van der Waals surface area contributed by atoms with Crippen molar-refractivity contribution in [1.29, 1.82) is 0 Å². The molecule has 0 rings (SSSR count). The molecule has 2 unspecified atom stereocenters. The van der Waals surface area contributed by atoms with Gasteiger partial charge in [-0.1, -0.05) is 290 Å². The summed E-state index contributed by atoms with van der Waals surface area (Å²) in [6.07, 6.45) is 59.5. The molecule has 1 N–H and O–H groups in total. The van der Waals surface area contributed by atoms with Crippen molar-refractivity contribution in [2.45, 2.75) is 322 Å². The van der Waals surface area contributed by atoms with E-state index in [0.717, 1.165) is 38.5 Å². The van der Waals surface area contributed by atoms with Crippen LogP contribution in [0.3, 0.4) is 0 Å². The number of phosphoric ester groups is 1. The van der Waals surface area contributed by atoms with Crippen LogP contribution in [-0.4, -0.2) is 74.9 Å². The third-order valence-electron chi connectivity index (χ3n) is 13.9. The molecule has 0 aliphatic rings. The van der Waals surface area contributed by atoms with Gasteiger partial charge in [0, 0.05) is 12.8 Å². The van der Waals surface area contributed by atoms with E-state index in [1.54, 1.807) is 0 Å². The Morgan fingerprint density at radius 3 is 0.928 bits per heavy atom. The first-order valence-corrected chi connectivity index (χ1v) is 31.8. The van der Waals surface area contributed by atoms with E-state index in [-0.39, 0.29) is 25.6 Å². The van der Waals surface area contributed by atoms with Gasteiger partial charge in [0.2, 0.25) is 0 Å². The van der Waals surface area contributed by atoms with Gasteiger partial charge in [0.05, 0.1) is 27.7 Å². The average molecular weight is 1000 g/mol. The van der Waals surface area contributed by atoms with E-state index in [1.165, 1.54) is 250 Å². The van der Waals surface area contributed by atoms with Crippen LogP contribution < -0.4 is 0 Å². The lowest BCUT2D eigenvalue weighted by Gasteiger charge is -2.24. The van der Waals surface area contributed by atoms with Gasteiger partial charge < -0.3 is 18.9 Å². The minimum Gasteiger partial charge on any atom is -0.462 e. The minimum absolute atomic E-state index is 0.0368. The molecule has 0 aromatic rings. The fourth-order valence-electron chi connectivity index (χ4n) is 9.20. The Bertz CT molecular complexity index is 1130. The molecule has 10 heteroatoms. The van der Waals surface area contributed by atoms with Gasteiger partial charge in [0.1, 0.15) is 19.8 Å². The molecule has 0 bridgehead atoms. The number of carbonyl (C=O) groups is 2. The molecule has 0 aliphatic carbocycles. The van der Waals surface area contributed by atoms with Crippen LogP contribution in [0.25, 0.3) is 0 Å². The normalized spacial score (nSPS) is 13.2. The van der Waals surface area contributed by atoms with Crippen LogP contribution in [0.5, 0.6) is 0 Å². The SMILES string of the molecule is CCCCCCCCCCCCCCCCCCCCCCCCCCCCCCCCCCCCCCCC(=O)OC(COC(=O)CCCCCCCCCC)COP(=O)(O)OCC[N+](C)(C)C. The second-order valence-electron chi connectivity index (χ2n) is 22.1. The van der Waals surface area contributed by atoms with Gasteiger partial charge >= 0.3 is 19.8 Å². The zero-order valence-corrected chi connectivity index (χ0v) is 47.7. The van der Waals surface area contributed by atoms with E-state index in [2.05, 4.69) is 13.8 Å². The number of phosphoric acid groups is 1. The number of unbranched alkanes of at least 4 members (excludes halogenated alkanes) is 43. The maximum atomic E-state index is 12.7. The molecule has 0 heterocycles. The molecule has 0 fully saturated rings. The highest BCUT2D eigenvalue weighted by Gasteiger charge is 2.27. The second-order valence-corrected chi connectivity index (χ2v) is 23.6. The average Bonchev–Trinajstić information content (AvgIpc) is 3.31. The predicted octanol–water partition coefficient (Wildman–Crippen LogP) is 18.7. The summed E-state index contributed by atoms with van der Waals surface area (Å²) in [6, 6.07) is 0. The number of esters is 2. The fraction of sp³-hybridized carbons (Fsp3) is 0.966. The van der Waals surface area contributed by atoms with E-state index in [1.807, 2.05) is 21.1 Å². The number of hydrogen-bond donors (Lipinski definition) is 1. The summed E-state index contributed by atoms with van der Waals surface area (Å²) in [5.41, 5.74) is 0. The van der Waals surface area contributed by atoms with Crippen molar-refractivity contribution in [1.82, 2.24) is 0 Å². The molecule has 0 aliphatic heterocycles. The molecule has 0 spiro atoms. The van der Waals surface area contributed by atoms with Crippen LogP contribution in [0.2, 0.25) is 0 Å². The first-order chi connectivity index (χ1) is 33.5. The maximum Gasteiger partial charge on any atom is 0.472 e. The van der Waals surface area contributed by atoms with E-state index >= 15 is 0 Å². The number of carbonyl (C=O) groups excluding carboxylic acids is 2. The lowest BCUT2D eigenvalue weighted by atomic mass is 10.0. The molecule has 9 nitrogen and oxygen atoms in total. The summed E-state index contributed by atoms with van der Waals surface area (Å²) in [5.74, 6) is -0.784. The smallest absolute Gasteiger partial charge is 0.462 e. The number of nitrogens with zero attached hydrogens (tertiary/aromatic N) is 1. The first-order valence-electron chi connectivity index (χ1n) is 30.3. The zero-order valence-electron chi connectivity index (χ0n) is 46.8. The lowest BCUT2D eigenvalue weighted by molar-refractivity contribution is -0.870. The minimum atomic E-state index is -4.37. The molecule has 0 radical (unpaired) electrons. The van der Waals surface area contributed by atoms with E-state index in [0.29, 0.717) is 17.4 Å². The van der Waals surface area contributed by atoms with Gasteiger partial charge in [-0.3, -0.25) is 18.6 Å². The van der Waals surface area contributed by atoms with Crippen LogP contribution in [0.4, 0.5) is 0 Å². The topological polar surface area (TPSA) is 108 Å². The Morgan fingerprint density at radius 1 is 0.391 bits per heavy atom. The van der Waals surface area contributed by atoms with Crippen molar-refractivity contribution >= 4 is 19.8 Å². The summed E-state index contributed by atoms with van der Waals surface area (Å²) < 4.78 is 34.4. The zero-order chi connectivity index (χ0) is 50.6. The van der Waals surface area contributed by atoms with Crippen LogP contribution in [0, 0.1) is 0 Å². The third-order valence-corrected chi connectivity index (χ3v) is 14.9. The summed E-state index contributed by atoms with van der Waals surface area (Å²) in [4.78, 5) is 35.4. The molecular weight excluding hydrogens is 882 g/mol. The van der Waals surface area contributed by atoms with Crippen molar-refractivity contribution in [3.05, 3.63) is 0 Å². The highest BCUT2D eigenvalue weighted by atomic mass is 31.2. The second kappa shape index (κ2) is 51.9. The van der Waals surface area contributed by atoms with Crippen LogP contribution in [0.15, 0.2) is 0 Å². The predicted molar refractivity (Wildman–Crippen MR) is 294 cm³/mol. The highest BCUT2D eigenvalue weighted by Crippen LogP contribution is 2.43. The molecule has 0 aromatic heterocycles. The number of rotatable bonds is 57. The highest BCUT2D eigenvalue weighted by molar-refractivity contribution is 7.47. The van der Waals surface area contributed by atoms with Crippen LogP contribution in [0.1, 0.15) is 316 Å². The van der Waals surface area contributed by atoms with E-state index in [9.17, 15) is 19.0 Å². The molecule has 69 heavy (non-hydrogen) atoms. The Hall–Kier alpha value is -0.990. The van der Waals surface area contributed by atoms with Crippen molar-refractivity contribution in [2.75, 3.05) is 47.5 Å². The van der Waals surface area contributed by atoms with E-state index < -0.39 is 26.5 Å². The summed E-state index contributed by atoms with van der Waals surface area (Å²) in [5, 5.41) is 0. The third kappa shape index (κ3) is 56.2. The fourth-order valence-corrected chi connectivity index (χ4v) is 9.94. The molecule has 412 valence electrons. The Morgan fingerprint density at radius 2 is 0.652 bits per heavy atom. The Labute approximate surface area is 429 Å². The summed E-state index contributed by atoms with van der Waals surface area (Å²) in [7, 11) is 1.50. The van der Waals surface area contributed by atoms with Crippen LogP contribution >= 0.6 is 7.82 Å². The summed E-state index contributed by atoms with van der Waals surface area (Å²) in [6.45, 7) is 4.45. The van der Waals surface area contributed by atoms with Gasteiger partial charge in [-0.15, -0.1) is 0 Å². The maximum absolute atomic E-state index is 12.7. The molecule has 0 amide bonds. The van der Waals surface area contributed by atoms with Gasteiger partial charge in [0.25, 0.3) is 0 Å². The van der Waals surface area contributed by atoms with Gasteiger partial charge in [-0.25, -0.2) is 4.57 Å². The molecule has 0 saturated carbocycles. The quantitative estimate of drug-likeness (QED) is 0.0278. The number of ether oxygens (including phenoxy) is 2. The molecular formula is C59H119NO8P+. The van der Waals surface area contributed by atoms with Crippen molar-refractivity contribution in [2.24, 2.45) is 0 Å². The van der Waals surface area contributed by atoms with E-state index in [4.69, 9.17) is 18.5 Å². The van der Waals surface area contributed by atoms with Crippen molar-refractivity contribution < 1.29 is 42.1 Å². The molecule has 0 aromatic carbocycles. The molecule has 2 atom stereocenters. The first kappa shape index (κ1) is 68.0. The van der Waals surface area contributed by atoms with Gasteiger partial charge in [-0.05, 0) is 12.8 Å². The van der Waals surface area contributed by atoms with Crippen LogP contribution in [-0.2, 0) is 32.7 Å². The number of likely N-dealkylation sites (N-methyl/N-ethyl adjacent to an activating group) is 1. The number of hydrogen-bond acceptors (Lipinski definition) is 7. The number of quaternary nitrogens is 1.